The zero-order chi connectivity index (χ0) is 13.4. The summed E-state index contributed by atoms with van der Waals surface area (Å²) in [4.78, 5) is 25.1. The molecule has 0 fully saturated rings. The molecule has 0 aliphatic rings. The van der Waals surface area contributed by atoms with Crippen molar-refractivity contribution in [2.24, 2.45) is 7.05 Å². The van der Waals surface area contributed by atoms with Gasteiger partial charge in [-0.1, -0.05) is 0 Å². The third-order valence-corrected chi connectivity index (χ3v) is 2.69. The van der Waals surface area contributed by atoms with Gasteiger partial charge in [0.1, 0.15) is 5.52 Å². The van der Waals surface area contributed by atoms with Crippen LogP contribution in [-0.2, 0) is 11.8 Å². The zero-order valence-corrected chi connectivity index (χ0v) is 9.99. The van der Waals surface area contributed by atoms with Gasteiger partial charge >= 0.3 is 0 Å². The smallest absolute Gasteiger partial charge is 0.274 e. The van der Waals surface area contributed by atoms with E-state index in [1.54, 1.807) is 30.3 Å². The number of carbonyl (C=O) groups is 1. The fraction of sp³-hybridized carbons (Fsp3) is 0.0909. The van der Waals surface area contributed by atoms with Crippen LogP contribution in [0.5, 0.6) is 0 Å². The zero-order valence-electron chi connectivity index (χ0n) is 9.99. The number of aromatic nitrogens is 5. The first kappa shape index (κ1) is 11.2. The molecule has 3 rings (SSSR count). The highest BCUT2D eigenvalue weighted by atomic mass is 16.1. The molecule has 96 valence electrons. The van der Waals surface area contributed by atoms with Crippen molar-refractivity contribution in [2.45, 2.75) is 0 Å². The maximum absolute atomic E-state index is 11.9. The van der Waals surface area contributed by atoms with E-state index in [-0.39, 0.29) is 5.56 Å². The van der Waals surface area contributed by atoms with Gasteiger partial charge < -0.3 is 10.3 Å². The normalized spacial score (nSPS) is 10.8. The van der Waals surface area contributed by atoms with Crippen LogP contribution in [0.15, 0.2) is 29.5 Å². The van der Waals surface area contributed by atoms with Gasteiger partial charge in [0.15, 0.2) is 5.82 Å². The lowest BCUT2D eigenvalue weighted by Gasteiger charge is -1.98. The van der Waals surface area contributed by atoms with E-state index in [1.807, 2.05) is 0 Å². The lowest BCUT2D eigenvalue weighted by Crippen LogP contribution is -2.10. The number of anilines is 1. The van der Waals surface area contributed by atoms with E-state index in [0.29, 0.717) is 23.4 Å². The minimum Gasteiger partial charge on any atom is -0.319 e. The topological polar surface area (TPSA) is 97.1 Å². The summed E-state index contributed by atoms with van der Waals surface area (Å²) in [6, 6.07) is 1.50. The molecule has 0 saturated heterocycles. The van der Waals surface area contributed by atoms with E-state index in [0.717, 1.165) is 5.56 Å². The van der Waals surface area contributed by atoms with Gasteiger partial charge in [-0.2, -0.15) is 5.10 Å². The number of carbonyl (C=O) groups excluding carboxylic acids is 1. The number of nitrogens with zero attached hydrogens (tertiary/aromatic N) is 4. The number of H-pyrrole nitrogens is 1. The molecule has 0 saturated carbocycles. The Labute approximate surface area is 106 Å². The van der Waals surface area contributed by atoms with Crippen LogP contribution in [-0.4, -0.2) is 30.8 Å². The third-order valence-electron chi connectivity index (χ3n) is 2.69. The van der Waals surface area contributed by atoms with Gasteiger partial charge in [0.05, 0.1) is 18.1 Å². The van der Waals surface area contributed by atoms with Crippen molar-refractivity contribution in [3.63, 3.8) is 0 Å². The average molecular weight is 258 g/mol. The highest BCUT2D eigenvalue weighted by molar-refractivity contribution is 5.71. The van der Waals surface area contributed by atoms with Crippen LogP contribution in [0.2, 0.25) is 0 Å². The van der Waals surface area contributed by atoms with Gasteiger partial charge in [-0.15, -0.1) is 5.10 Å². The summed E-state index contributed by atoms with van der Waals surface area (Å²) in [6.07, 6.45) is 5.61. The Kier molecular flexibility index (Phi) is 2.41. The highest BCUT2D eigenvalue weighted by Crippen LogP contribution is 2.15. The number of aromatic amines is 1. The summed E-state index contributed by atoms with van der Waals surface area (Å²) < 4.78 is 3.06. The summed E-state index contributed by atoms with van der Waals surface area (Å²) in [5.74, 6) is 0.323. The Morgan fingerprint density at radius 1 is 1.42 bits per heavy atom. The Bertz CT molecular complexity index is 812. The molecule has 8 heteroatoms. The van der Waals surface area contributed by atoms with Gasteiger partial charge in [0, 0.05) is 24.9 Å². The molecule has 8 nitrogen and oxygen atoms in total. The number of fused-ring (bicyclic) bond motifs is 1. The third kappa shape index (κ3) is 1.88. The molecule has 0 atom stereocenters. The molecule has 0 radical (unpaired) electrons. The number of aryl methyl sites for hydroxylation is 1. The quantitative estimate of drug-likeness (QED) is 0.646. The van der Waals surface area contributed by atoms with E-state index >= 15 is 0 Å². The van der Waals surface area contributed by atoms with E-state index in [2.05, 4.69) is 20.5 Å². The Hall–Kier alpha value is -2.90. The summed E-state index contributed by atoms with van der Waals surface area (Å²) in [7, 11) is 1.79. The summed E-state index contributed by atoms with van der Waals surface area (Å²) >= 11 is 0. The van der Waals surface area contributed by atoms with Crippen LogP contribution in [0.25, 0.3) is 16.8 Å². The molecule has 19 heavy (non-hydrogen) atoms. The summed E-state index contributed by atoms with van der Waals surface area (Å²) in [6.45, 7) is 0. The van der Waals surface area contributed by atoms with Crippen LogP contribution in [0.3, 0.4) is 0 Å². The van der Waals surface area contributed by atoms with Crippen LogP contribution < -0.4 is 10.9 Å². The van der Waals surface area contributed by atoms with Crippen molar-refractivity contribution in [2.75, 3.05) is 5.32 Å². The first-order valence-corrected chi connectivity index (χ1v) is 5.49. The van der Waals surface area contributed by atoms with Crippen molar-refractivity contribution in [1.82, 2.24) is 24.4 Å². The van der Waals surface area contributed by atoms with Crippen molar-refractivity contribution in [1.29, 1.82) is 0 Å². The molecule has 0 bridgehead atoms. The van der Waals surface area contributed by atoms with E-state index in [4.69, 9.17) is 0 Å². The van der Waals surface area contributed by atoms with Crippen LogP contribution in [0, 0.1) is 0 Å². The van der Waals surface area contributed by atoms with Gasteiger partial charge in [-0.3, -0.25) is 14.3 Å². The van der Waals surface area contributed by atoms with Gasteiger partial charge in [0.2, 0.25) is 6.41 Å². The number of amides is 1. The maximum atomic E-state index is 11.9. The maximum Gasteiger partial charge on any atom is 0.274 e. The predicted molar refractivity (Wildman–Crippen MR) is 67.7 cm³/mol. The van der Waals surface area contributed by atoms with Crippen molar-refractivity contribution in [3.8, 4) is 11.3 Å². The van der Waals surface area contributed by atoms with E-state index in [9.17, 15) is 9.59 Å². The average Bonchev–Trinajstić information content (AvgIpc) is 2.96. The molecule has 0 aliphatic heterocycles. The van der Waals surface area contributed by atoms with Gasteiger partial charge in [-0.05, 0) is 0 Å². The second-order valence-corrected chi connectivity index (χ2v) is 4.02. The molecule has 0 unspecified atom stereocenters. The minimum absolute atomic E-state index is 0.284. The molecule has 2 N–H and O–H groups in total. The predicted octanol–water partition coefficient (Wildman–Crippen LogP) is -0.00860. The van der Waals surface area contributed by atoms with Crippen molar-refractivity contribution < 1.29 is 4.79 Å². The molecule has 3 heterocycles. The van der Waals surface area contributed by atoms with Crippen molar-refractivity contribution in [3.05, 3.63) is 35.0 Å². The van der Waals surface area contributed by atoms with Gasteiger partial charge in [-0.25, -0.2) is 4.52 Å². The fourth-order valence-corrected chi connectivity index (χ4v) is 1.84. The summed E-state index contributed by atoms with van der Waals surface area (Å²) in [5, 5.41) is 10.5. The summed E-state index contributed by atoms with van der Waals surface area (Å²) in [5.41, 5.74) is 1.46. The Balaban J connectivity index is 2.18. The van der Waals surface area contributed by atoms with Gasteiger partial charge in [0.25, 0.3) is 5.56 Å². The number of nitrogens with one attached hydrogen (secondary N) is 2. The molecule has 1 amide bonds. The largest absolute Gasteiger partial charge is 0.319 e. The lowest BCUT2D eigenvalue weighted by molar-refractivity contribution is -0.105. The first-order chi connectivity index (χ1) is 9.17. The second kappa shape index (κ2) is 4.09. The first-order valence-electron chi connectivity index (χ1n) is 5.49. The molecule has 0 spiro atoms. The monoisotopic (exact) mass is 258 g/mol. The van der Waals surface area contributed by atoms with E-state index < -0.39 is 0 Å². The molecule has 3 aromatic rings. The van der Waals surface area contributed by atoms with Crippen LogP contribution in [0.1, 0.15) is 0 Å². The molecule has 0 aliphatic carbocycles. The fourth-order valence-electron chi connectivity index (χ4n) is 1.84. The van der Waals surface area contributed by atoms with Crippen LogP contribution >= 0.6 is 0 Å². The van der Waals surface area contributed by atoms with Crippen LogP contribution in [0.4, 0.5) is 5.82 Å². The molecular formula is C11H10N6O2. The Morgan fingerprint density at radius 2 is 2.26 bits per heavy atom. The minimum atomic E-state index is -0.284. The highest BCUT2D eigenvalue weighted by Gasteiger charge is 2.08. The number of hydrogen-bond acceptors (Lipinski definition) is 4. The number of hydrogen-bond donors (Lipinski definition) is 2. The standard InChI is InChI=1S/C11H10N6O2/c1-16-4-7(3-13-16)8-5-17-9(11(19)14-8)2-10(15-17)12-6-18/h2-6H,1H3,(H,14,19)(H,12,15,18). The Morgan fingerprint density at radius 3 is 2.95 bits per heavy atom. The van der Waals surface area contributed by atoms with Crippen molar-refractivity contribution >= 4 is 17.7 Å². The molecular weight excluding hydrogens is 248 g/mol. The van der Waals surface area contributed by atoms with E-state index in [1.165, 1.54) is 10.6 Å². The second-order valence-electron chi connectivity index (χ2n) is 4.02. The lowest BCUT2D eigenvalue weighted by atomic mass is 10.3. The number of rotatable bonds is 3. The molecule has 3 aromatic heterocycles. The SMILES string of the molecule is Cn1cc(-c2cn3nc(NC=O)cc3c(=O)[nH]2)cn1. The molecule has 0 aromatic carbocycles.